The van der Waals surface area contributed by atoms with Crippen LogP contribution in [0.5, 0.6) is 0 Å². The maximum absolute atomic E-state index is 9.36. The first-order valence-corrected chi connectivity index (χ1v) is 7.75. The highest BCUT2D eigenvalue weighted by atomic mass is 32.9. The fourth-order valence-corrected chi connectivity index (χ4v) is 3.66. The molecule has 0 aromatic heterocycles. The predicted molar refractivity (Wildman–Crippen MR) is 54.7 cm³/mol. The van der Waals surface area contributed by atoms with Crippen molar-refractivity contribution in [2.24, 2.45) is 0 Å². The average molecular weight is 204 g/mol. The smallest absolute Gasteiger partial charge is 0.118 e. The molecule has 0 saturated heterocycles. The topological polar surface area (TPSA) is 20.2 Å². The first-order chi connectivity index (χ1) is 5.08. The van der Waals surface area contributed by atoms with Crippen LogP contribution in [0.1, 0.15) is 0 Å². The van der Waals surface area contributed by atoms with Crippen LogP contribution in [-0.2, 0) is 11.8 Å². The summed E-state index contributed by atoms with van der Waals surface area (Å²) < 4.78 is 0. The molecule has 0 bridgehead atoms. The summed E-state index contributed by atoms with van der Waals surface area (Å²) in [5.74, 6) is 0. The molecular weight excluding hydrogens is 195 g/mol. The zero-order valence-electron chi connectivity index (χ0n) is 6.10. The highest BCUT2D eigenvalue weighted by molar-refractivity contribution is 8.68. The molecule has 0 saturated carbocycles. The van der Waals surface area contributed by atoms with E-state index in [2.05, 4.69) is 0 Å². The normalized spacial score (nSPS) is 15.8. The molecule has 0 radical (unpaired) electrons. The first-order valence-electron chi connectivity index (χ1n) is 3.13. The molecule has 1 atom stereocenters. The quantitative estimate of drug-likeness (QED) is 0.748. The van der Waals surface area contributed by atoms with E-state index in [-0.39, 0.29) is 0 Å². The molecular formula is C7H9OPS2. The van der Waals surface area contributed by atoms with Gasteiger partial charge >= 0.3 is 0 Å². The minimum Gasteiger partial charge on any atom is -0.357 e. The van der Waals surface area contributed by atoms with Crippen molar-refractivity contribution in [3.8, 4) is 0 Å². The summed E-state index contributed by atoms with van der Waals surface area (Å²) >= 11 is 6.28. The van der Waals surface area contributed by atoms with E-state index >= 15 is 0 Å². The van der Waals surface area contributed by atoms with Gasteiger partial charge in [0.25, 0.3) is 0 Å². The van der Waals surface area contributed by atoms with Gasteiger partial charge in [0.15, 0.2) is 0 Å². The minimum atomic E-state index is -2.14. The highest BCUT2D eigenvalue weighted by Crippen LogP contribution is 2.55. The average Bonchev–Trinajstić information content (AvgIpc) is 1.85. The fraction of sp³-hybridized carbons (Fsp3) is 0.143. The molecule has 4 heteroatoms. The molecule has 60 valence electrons. The van der Waals surface area contributed by atoms with Crippen molar-refractivity contribution in [3.05, 3.63) is 30.3 Å². The molecule has 1 N–H and O–H groups in total. The Bertz CT molecular complexity index is 267. The molecule has 0 spiro atoms. The van der Waals surface area contributed by atoms with E-state index in [1.54, 1.807) is 6.66 Å². The summed E-state index contributed by atoms with van der Waals surface area (Å²) in [6, 6.07) is 9.72. The van der Waals surface area contributed by atoms with Gasteiger partial charge in [-0.05, 0) is 18.8 Å². The van der Waals surface area contributed by atoms with Gasteiger partial charge in [0.2, 0.25) is 0 Å². The zero-order chi connectivity index (χ0) is 8.32. The van der Waals surface area contributed by atoms with E-state index < -0.39 is 5.47 Å². The van der Waals surface area contributed by atoms with E-state index in [0.717, 1.165) is 4.90 Å². The van der Waals surface area contributed by atoms with Gasteiger partial charge in [-0.25, -0.2) is 0 Å². The Morgan fingerprint density at radius 3 is 2.36 bits per heavy atom. The summed E-state index contributed by atoms with van der Waals surface area (Å²) in [5, 5.41) is 0. The Labute approximate surface area is 75.7 Å². The molecule has 1 aromatic carbocycles. The van der Waals surface area contributed by atoms with Gasteiger partial charge in [-0.15, -0.1) is 0 Å². The number of benzene rings is 1. The Morgan fingerprint density at radius 2 is 1.91 bits per heavy atom. The van der Waals surface area contributed by atoms with Crippen LogP contribution in [0.2, 0.25) is 0 Å². The molecule has 11 heavy (non-hydrogen) atoms. The van der Waals surface area contributed by atoms with Crippen LogP contribution in [0.4, 0.5) is 0 Å². The van der Waals surface area contributed by atoms with Gasteiger partial charge in [0, 0.05) is 4.90 Å². The molecule has 0 heterocycles. The monoisotopic (exact) mass is 204 g/mol. The van der Waals surface area contributed by atoms with Crippen molar-refractivity contribution in [1.82, 2.24) is 0 Å². The largest absolute Gasteiger partial charge is 0.357 e. The second kappa shape index (κ2) is 3.72. The number of hydrogen-bond donors (Lipinski definition) is 1. The summed E-state index contributed by atoms with van der Waals surface area (Å²) in [4.78, 5) is 10.4. The van der Waals surface area contributed by atoms with Gasteiger partial charge in [-0.2, -0.15) is 0 Å². The van der Waals surface area contributed by atoms with Crippen molar-refractivity contribution < 1.29 is 4.89 Å². The third-order valence-corrected chi connectivity index (χ3v) is 4.16. The van der Waals surface area contributed by atoms with Gasteiger partial charge in [0.1, 0.15) is 5.47 Å². The van der Waals surface area contributed by atoms with Crippen LogP contribution in [0.3, 0.4) is 0 Å². The van der Waals surface area contributed by atoms with E-state index in [9.17, 15) is 4.89 Å². The third-order valence-electron chi connectivity index (χ3n) is 1.02. The maximum atomic E-state index is 9.36. The summed E-state index contributed by atoms with van der Waals surface area (Å²) in [6.07, 6.45) is 0. The fourth-order valence-electron chi connectivity index (χ4n) is 0.677. The third kappa shape index (κ3) is 3.92. The van der Waals surface area contributed by atoms with E-state index in [1.807, 2.05) is 30.3 Å². The van der Waals surface area contributed by atoms with E-state index in [0.29, 0.717) is 0 Å². The molecule has 0 aliphatic rings. The van der Waals surface area contributed by atoms with Crippen molar-refractivity contribution in [2.75, 3.05) is 6.66 Å². The van der Waals surface area contributed by atoms with Gasteiger partial charge in [-0.3, -0.25) is 0 Å². The molecule has 0 aliphatic heterocycles. The van der Waals surface area contributed by atoms with E-state index in [4.69, 9.17) is 11.8 Å². The lowest BCUT2D eigenvalue weighted by Gasteiger charge is -2.06. The second-order valence-corrected chi connectivity index (χ2v) is 9.97. The Kier molecular flexibility index (Phi) is 3.14. The van der Waals surface area contributed by atoms with Gasteiger partial charge in [-0.1, -0.05) is 41.4 Å². The van der Waals surface area contributed by atoms with Crippen molar-refractivity contribution in [1.29, 1.82) is 0 Å². The summed E-state index contributed by atoms with van der Waals surface area (Å²) in [7, 11) is 0. The maximum Gasteiger partial charge on any atom is 0.118 e. The second-order valence-electron chi connectivity index (χ2n) is 2.21. The van der Waals surface area contributed by atoms with Crippen molar-refractivity contribution in [2.45, 2.75) is 4.90 Å². The van der Waals surface area contributed by atoms with Crippen LogP contribution >= 0.6 is 16.8 Å². The predicted octanol–water partition coefficient (Wildman–Crippen LogP) is 2.71. The molecule has 1 unspecified atom stereocenters. The van der Waals surface area contributed by atoms with Crippen LogP contribution in [0.25, 0.3) is 0 Å². The van der Waals surface area contributed by atoms with Crippen LogP contribution < -0.4 is 0 Å². The number of hydrogen-bond acceptors (Lipinski definition) is 2. The van der Waals surface area contributed by atoms with Gasteiger partial charge < -0.3 is 4.89 Å². The van der Waals surface area contributed by atoms with Crippen LogP contribution in [0.15, 0.2) is 35.2 Å². The minimum absolute atomic E-state index is 1.04. The van der Waals surface area contributed by atoms with Crippen molar-refractivity contribution in [3.63, 3.8) is 0 Å². The van der Waals surface area contributed by atoms with Crippen LogP contribution in [0, 0.1) is 0 Å². The standard InChI is InChI=1S/C7H9OPS2/c1-9(8,10)11-7-5-3-2-4-6-7/h2-6H,1H3,(H,8,10). The van der Waals surface area contributed by atoms with E-state index in [1.165, 1.54) is 11.4 Å². The Morgan fingerprint density at radius 1 is 1.36 bits per heavy atom. The van der Waals surface area contributed by atoms with Crippen LogP contribution in [-0.4, -0.2) is 11.6 Å². The molecule has 1 rings (SSSR count). The Balaban J connectivity index is 2.74. The lowest BCUT2D eigenvalue weighted by atomic mass is 10.4. The van der Waals surface area contributed by atoms with Gasteiger partial charge in [0.05, 0.1) is 0 Å². The molecule has 0 aliphatic carbocycles. The first kappa shape index (κ1) is 9.27. The Hall–Kier alpha value is 0.180. The lowest BCUT2D eigenvalue weighted by molar-refractivity contribution is 0.644. The number of rotatable bonds is 2. The highest BCUT2D eigenvalue weighted by Gasteiger charge is 2.05. The molecule has 0 amide bonds. The summed E-state index contributed by atoms with van der Waals surface area (Å²) in [6.45, 7) is 1.71. The summed E-state index contributed by atoms with van der Waals surface area (Å²) in [5.41, 5.74) is -2.14. The van der Waals surface area contributed by atoms with Crippen molar-refractivity contribution >= 4 is 28.7 Å². The molecule has 0 fully saturated rings. The SMILES string of the molecule is CP(O)(=S)Sc1ccccc1. The molecule has 1 nitrogen and oxygen atoms in total. The molecule has 1 aromatic rings. The zero-order valence-corrected chi connectivity index (χ0v) is 8.63. The lowest BCUT2D eigenvalue weighted by Crippen LogP contribution is -1.69.